The van der Waals surface area contributed by atoms with Crippen LogP contribution in [0.4, 0.5) is 0 Å². The van der Waals surface area contributed by atoms with Crippen LogP contribution in [0.3, 0.4) is 0 Å². The predicted octanol–water partition coefficient (Wildman–Crippen LogP) is 3.76. The Labute approximate surface area is 147 Å². The molecule has 1 heterocycles. The number of nitrogens with zero attached hydrogens (tertiary/aromatic N) is 2. The van der Waals surface area contributed by atoms with Crippen LogP contribution in [-0.2, 0) is 9.63 Å². The fourth-order valence-corrected chi connectivity index (χ4v) is 3.06. The zero-order valence-corrected chi connectivity index (χ0v) is 14.9. The lowest BCUT2D eigenvalue weighted by molar-refractivity contribution is -0.214. The predicted molar refractivity (Wildman–Crippen MR) is 96.4 cm³/mol. The zero-order chi connectivity index (χ0) is 18.0. The lowest BCUT2D eigenvalue weighted by atomic mass is 9.93. The quantitative estimate of drug-likeness (QED) is 0.852. The molecule has 5 heteroatoms. The lowest BCUT2D eigenvalue weighted by Crippen LogP contribution is -2.47. The van der Waals surface area contributed by atoms with E-state index in [-0.39, 0.29) is 5.97 Å². The molecule has 3 rings (SSSR count). The third-order valence-corrected chi connectivity index (χ3v) is 4.29. The number of aliphatic imine (C=N–C) groups is 1. The number of methoxy groups -OCH3 is 1. The molecule has 1 aliphatic heterocycles. The van der Waals surface area contributed by atoms with Gasteiger partial charge in [-0.1, -0.05) is 47.5 Å². The molecule has 1 atom stereocenters. The van der Waals surface area contributed by atoms with Gasteiger partial charge in [0, 0.05) is 6.92 Å². The molecule has 2 aromatic carbocycles. The van der Waals surface area contributed by atoms with Gasteiger partial charge in [-0.3, -0.25) is 9.79 Å². The van der Waals surface area contributed by atoms with Crippen molar-refractivity contribution < 1.29 is 14.4 Å². The molecule has 0 spiro atoms. The summed E-state index contributed by atoms with van der Waals surface area (Å²) in [6.07, 6.45) is -0.403. The number of benzene rings is 2. The number of carbonyl (C=O) groups is 1. The van der Waals surface area contributed by atoms with Crippen LogP contribution in [0.2, 0.25) is 0 Å². The van der Waals surface area contributed by atoms with Gasteiger partial charge >= 0.3 is 5.97 Å². The second-order valence-electron chi connectivity index (χ2n) is 6.46. The first kappa shape index (κ1) is 17.2. The van der Waals surface area contributed by atoms with Crippen LogP contribution < -0.4 is 4.74 Å². The Morgan fingerprint density at radius 2 is 1.72 bits per heavy atom. The fraction of sp³-hybridized carbons (Fsp3) is 0.300. The molecule has 0 aromatic heterocycles. The van der Waals surface area contributed by atoms with Crippen LogP contribution in [-0.4, -0.2) is 29.4 Å². The van der Waals surface area contributed by atoms with Gasteiger partial charge in [0.05, 0.1) is 18.4 Å². The summed E-state index contributed by atoms with van der Waals surface area (Å²) in [4.78, 5) is 22.1. The lowest BCUT2D eigenvalue weighted by Gasteiger charge is -2.33. The topological polar surface area (TPSA) is 51.1 Å². The van der Waals surface area contributed by atoms with Gasteiger partial charge in [0.1, 0.15) is 5.75 Å². The Balaban J connectivity index is 2.05. The van der Waals surface area contributed by atoms with E-state index in [1.165, 1.54) is 6.92 Å². The number of rotatable bonds is 4. The molecule has 0 radical (unpaired) electrons. The van der Waals surface area contributed by atoms with E-state index in [1.54, 1.807) is 12.2 Å². The van der Waals surface area contributed by atoms with Crippen molar-refractivity contribution in [2.75, 3.05) is 7.11 Å². The standard InChI is InChI=1S/C20H22N2O3/c1-14(23)25-22-19(16-10-12-17(24-4)13-11-16)21-18(20(22,2)3)15-8-6-5-7-9-15/h5-13,19H,1-4H3/t19-/m0/s1. The summed E-state index contributed by atoms with van der Waals surface area (Å²) >= 11 is 0. The van der Waals surface area contributed by atoms with Crippen LogP contribution in [0, 0.1) is 0 Å². The number of hydrogen-bond donors (Lipinski definition) is 0. The highest BCUT2D eigenvalue weighted by molar-refractivity contribution is 6.08. The molecule has 0 aliphatic carbocycles. The third kappa shape index (κ3) is 3.28. The highest BCUT2D eigenvalue weighted by Crippen LogP contribution is 2.39. The molecule has 0 unspecified atom stereocenters. The minimum absolute atomic E-state index is 0.365. The number of hydrogen-bond acceptors (Lipinski definition) is 5. The Kier molecular flexibility index (Phi) is 4.59. The Morgan fingerprint density at radius 3 is 2.28 bits per heavy atom. The van der Waals surface area contributed by atoms with E-state index in [4.69, 9.17) is 14.6 Å². The summed E-state index contributed by atoms with van der Waals surface area (Å²) < 4.78 is 5.22. The Hall–Kier alpha value is -2.66. The molecule has 0 saturated carbocycles. The maximum Gasteiger partial charge on any atom is 0.322 e. The smallest absolute Gasteiger partial charge is 0.322 e. The van der Waals surface area contributed by atoms with Gasteiger partial charge in [-0.15, -0.1) is 0 Å². The maximum absolute atomic E-state index is 11.7. The number of carbonyl (C=O) groups excluding carboxylic acids is 1. The van der Waals surface area contributed by atoms with Gasteiger partial charge < -0.3 is 9.57 Å². The highest BCUT2D eigenvalue weighted by atomic mass is 16.7. The third-order valence-electron chi connectivity index (χ3n) is 4.29. The van der Waals surface area contributed by atoms with Crippen molar-refractivity contribution in [2.24, 2.45) is 4.99 Å². The van der Waals surface area contributed by atoms with Crippen LogP contribution in [0.15, 0.2) is 59.6 Å². The van der Waals surface area contributed by atoms with E-state index in [1.807, 2.05) is 68.4 Å². The molecule has 0 bridgehead atoms. The van der Waals surface area contributed by atoms with E-state index < -0.39 is 11.7 Å². The number of hydroxylamine groups is 2. The van der Waals surface area contributed by atoms with Gasteiger partial charge in [-0.05, 0) is 37.1 Å². The monoisotopic (exact) mass is 338 g/mol. The average molecular weight is 338 g/mol. The molecular weight excluding hydrogens is 316 g/mol. The van der Waals surface area contributed by atoms with Crippen LogP contribution >= 0.6 is 0 Å². The van der Waals surface area contributed by atoms with Gasteiger partial charge in [0.25, 0.3) is 0 Å². The van der Waals surface area contributed by atoms with Crippen LogP contribution in [0.25, 0.3) is 0 Å². The molecule has 0 N–H and O–H groups in total. The minimum atomic E-state index is -0.558. The average Bonchev–Trinajstić information content (AvgIpc) is 2.86. The maximum atomic E-state index is 11.7. The van der Waals surface area contributed by atoms with Crippen LogP contribution in [0.1, 0.15) is 38.1 Å². The van der Waals surface area contributed by atoms with Crippen molar-refractivity contribution in [2.45, 2.75) is 32.5 Å². The van der Waals surface area contributed by atoms with Gasteiger partial charge in [-0.2, -0.15) is 0 Å². The largest absolute Gasteiger partial charge is 0.497 e. The molecule has 0 saturated heterocycles. The minimum Gasteiger partial charge on any atom is -0.497 e. The number of ether oxygens (including phenoxy) is 1. The first-order valence-corrected chi connectivity index (χ1v) is 8.19. The van der Waals surface area contributed by atoms with Crippen LogP contribution in [0.5, 0.6) is 5.75 Å². The summed E-state index contributed by atoms with van der Waals surface area (Å²) in [7, 11) is 1.63. The van der Waals surface area contributed by atoms with Crippen molar-refractivity contribution in [3.8, 4) is 5.75 Å². The van der Waals surface area contributed by atoms with Gasteiger partial charge in [0.15, 0.2) is 6.17 Å². The van der Waals surface area contributed by atoms with E-state index in [9.17, 15) is 4.79 Å². The van der Waals surface area contributed by atoms with Crippen molar-refractivity contribution in [1.82, 2.24) is 5.06 Å². The van der Waals surface area contributed by atoms with E-state index >= 15 is 0 Å². The Bertz CT molecular complexity index is 782. The van der Waals surface area contributed by atoms with E-state index in [2.05, 4.69) is 0 Å². The molecule has 2 aromatic rings. The molecule has 0 amide bonds. The Morgan fingerprint density at radius 1 is 1.08 bits per heavy atom. The second kappa shape index (κ2) is 6.69. The van der Waals surface area contributed by atoms with E-state index in [0.29, 0.717) is 0 Å². The zero-order valence-electron chi connectivity index (χ0n) is 14.9. The first-order valence-electron chi connectivity index (χ1n) is 8.19. The summed E-state index contributed by atoms with van der Waals surface area (Å²) in [6, 6.07) is 17.6. The summed E-state index contributed by atoms with van der Waals surface area (Å²) in [5, 5.41) is 1.67. The van der Waals surface area contributed by atoms with Crippen molar-refractivity contribution >= 4 is 11.7 Å². The SMILES string of the molecule is COc1ccc([C@H]2N=C(c3ccccc3)C(C)(C)N2OC(C)=O)cc1. The van der Waals surface area contributed by atoms with E-state index in [0.717, 1.165) is 22.6 Å². The molecule has 5 nitrogen and oxygen atoms in total. The highest BCUT2D eigenvalue weighted by Gasteiger charge is 2.46. The summed E-state index contributed by atoms with van der Waals surface area (Å²) in [6.45, 7) is 5.41. The van der Waals surface area contributed by atoms with Gasteiger partial charge in [-0.25, -0.2) is 0 Å². The summed E-state index contributed by atoms with van der Waals surface area (Å²) in [5.74, 6) is 0.406. The molecule has 1 aliphatic rings. The molecular formula is C20H22N2O3. The first-order chi connectivity index (χ1) is 11.9. The molecule has 0 fully saturated rings. The van der Waals surface area contributed by atoms with Gasteiger partial charge in [0.2, 0.25) is 0 Å². The van der Waals surface area contributed by atoms with Crippen molar-refractivity contribution in [3.05, 3.63) is 65.7 Å². The second-order valence-corrected chi connectivity index (χ2v) is 6.46. The molecule has 130 valence electrons. The molecule has 25 heavy (non-hydrogen) atoms. The van der Waals surface area contributed by atoms with Crippen molar-refractivity contribution in [3.63, 3.8) is 0 Å². The normalized spacial score (nSPS) is 19.4. The van der Waals surface area contributed by atoms with Crippen molar-refractivity contribution in [1.29, 1.82) is 0 Å². The fourth-order valence-electron chi connectivity index (χ4n) is 3.06. The summed E-state index contributed by atoms with van der Waals surface area (Å²) in [5.41, 5.74) is 2.27.